The molecule has 0 saturated heterocycles. The zero-order valence-corrected chi connectivity index (χ0v) is 21.4. The fourth-order valence-corrected chi connectivity index (χ4v) is 9.54. The summed E-state index contributed by atoms with van der Waals surface area (Å²) in [6, 6.07) is 25.1. The van der Waals surface area contributed by atoms with Crippen LogP contribution >= 0.6 is 0 Å². The molecule has 3 nitrogen and oxygen atoms in total. The van der Waals surface area contributed by atoms with Gasteiger partial charge in [0.05, 0.1) is 0 Å². The van der Waals surface area contributed by atoms with E-state index in [1.807, 2.05) is 18.2 Å². The van der Waals surface area contributed by atoms with E-state index in [1.165, 1.54) is 56.8 Å². The molecule has 1 saturated carbocycles. The first kappa shape index (κ1) is 20.7. The van der Waals surface area contributed by atoms with E-state index in [9.17, 15) is 9.59 Å². The van der Waals surface area contributed by atoms with Crippen molar-refractivity contribution in [3.8, 4) is 4.56 Å². The molecule has 5 aromatic rings. The van der Waals surface area contributed by atoms with Crippen LogP contribution < -0.4 is 0 Å². The predicted octanol–water partition coefficient (Wildman–Crippen LogP) is 6.87. The van der Waals surface area contributed by atoms with Crippen molar-refractivity contribution in [2.45, 2.75) is 37.5 Å². The number of hydrogen-bond donors (Lipinski definition) is 0. The number of rotatable bonds is 1. The van der Waals surface area contributed by atoms with Crippen LogP contribution in [-0.4, -0.2) is 30.6 Å². The Kier molecular flexibility index (Phi) is 4.19. The number of aromatic nitrogens is 1. The first-order chi connectivity index (χ1) is 17.7. The predicted molar refractivity (Wildman–Crippen MR) is 145 cm³/mol. The van der Waals surface area contributed by atoms with Gasteiger partial charge in [0.2, 0.25) is 0 Å². The molecule has 174 valence electrons. The molecule has 36 heavy (non-hydrogen) atoms. The molecule has 0 unspecified atom stereocenters. The van der Waals surface area contributed by atoms with Crippen molar-refractivity contribution in [1.29, 1.82) is 0 Å². The van der Waals surface area contributed by atoms with E-state index >= 15 is 0 Å². The number of allylic oxidation sites excluding steroid dienone is 1. The Bertz CT molecular complexity index is 1770. The van der Waals surface area contributed by atoms with Gasteiger partial charge < -0.3 is 0 Å². The molecule has 0 N–H and O–H groups in total. The molecule has 3 heterocycles. The van der Waals surface area contributed by atoms with E-state index in [0.29, 0.717) is 16.7 Å². The number of benzene rings is 3. The molecule has 1 fully saturated rings. The molecule has 8 rings (SSSR count). The molecule has 4 heteroatoms. The van der Waals surface area contributed by atoms with E-state index in [0.717, 1.165) is 17.3 Å². The van der Waals surface area contributed by atoms with E-state index in [4.69, 9.17) is 0 Å². The zero-order chi connectivity index (χ0) is 24.0. The Morgan fingerprint density at radius 1 is 0.750 bits per heavy atom. The van der Waals surface area contributed by atoms with Gasteiger partial charge in [0.25, 0.3) is 0 Å². The van der Waals surface area contributed by atoms with Crippen LogP contribution in [0.2, 0.25) is 0 Å². The summed E-state index contributed by atoms with van der Waals surface area (Å²) < 4.78 is 5.02. The number of ketones is 2. The molecule has 1 aliphatic heterocycles. The average Bonchev–Trinajstić information content (AvgIpc) is 3.57. The van der Waals surface area contributed by atoms with Crippen molar-refractivity contribution in [3.63, 3.8) is 0 Å². The molecule has 2 aliphatic carbocycles. The first-order valence-corrected chi connectivity index (χ1v) is 14.5. The van der Waals surface area contributed by atoms with Crippen molar-refractivity contribution >= 4 is 54.0 Å². The van der Waals surface area contributed by atoms with Crippen LogP contribution in [0.15, 0.2) is 78.4 Å². The molecule has 0 radical (unpaired) electrons. The summed E-state index contributed by atoms with van der Waals surface area (Å²) in [6.07, 6.45) is 7.98. The third-order valence-corrected chi connectivity index (χ3v) is 10.8. The van der Waals surface area contributed by atoms with Gasteiger partial charge >= 0.3 is 215 Å². The molecule has 1 spiro atoms. The maximum atomic E-state index is 13.1. The van der Waals surface area contributed by atoms with Crippen LogP contribution in [0.5, 0.6) is 0 Å². The number of Topliss-reactive ketones (excluding diaryl/α,β-unsaturated/α-hetero) is 2. The summed E-state index contributed by atoms with van der Waals surface area (Å²) >= 11 is 0.00433. The normalized spacial score (nSPS) is 17.7. The third-order valence-electron chi connectivity index (χ3n) is 8.56. The quantitative estimate of drug-likeness (QED) is 0.134. The average molecular weight is 533 g/mol. The monoisotopic (exact) mass is 533 g/mol. The Morgan fingerprint density at radius 3 is 2.22 bits per heavy atom. The maximum absolute atomic E-state index is 13.1. The van der Waals surface area contributed by atoms with E-state index < -0.39 is 0 Å². The molecular weight excluding hydrogens is 509 g/mol. The van der Waals surface area contributed by atoms with Gasteiger partial charge in [-0.15, -0.1) is 0 Å². The van der Waals surface area contributed by atoms with Crippen LogP contribution in [0, 0.1) is 0 Å². The van der Waals surface area contributed by atoms with Gasteiger partial charge in [-0.05, 0) is 0 Å². The molecule has 3 aromatic carbocycles. The van der Waals surface area contributed by atoms with E-state index in [1.54, 1.807) is 12.1 Å². The van der Waals surface area contributed by atoms with Gasteiger partial charge in [0, 0.05) is 0 Å². The standard InChI is InChI=1S/C32H23NO2Se/c34-29-22-10-2-3-11-23(22)30(35)24(29)17-19-18-26-31(36-19)33-27-14-5-4-9-20(27)21-12-8-13-25(28(21)33)32(26)15-6-1-7-16-32/h2-5,8-14,17-18H,1,6-7,15-16H2. The number of carbonyl (C=O) groups excluding carboxylic acids is 2. The second-order valence-electron chi connectivity index (χ2n) is 10.3. The van der Waals surface area contributed by atoms with Gasteiger partial charge in [-0.25, -0.2) is 0 Å². The Labute approximate surface area is 214 Å². The SMILES string of the molecule is O=C1C(=Cc2cc3c([se]2)-n2c4ccccc4c4cccc(c42)C32CCCCC2)C(=O)c2ccccc21. The second-order valence-corrected chi connectivity index (χ2v) is 12.6. The minimum atomic E-state index is -0.137. The molecule has 0 bridgehead atoms. The van der Waals surface area contributed by atoms with Crippen molar-refractivity contribution < 1.29 is 9.59 Å². The topological polar surface area (TPSA) is 39.1 Å². The van der Waals surface area contributed by atoms with Gasteiger partial charge in [0.15, 0.2) is 0 Å². The summed E-state index contributed by atoms with van der Waals surface area (Å²) in [7, 11) is 0. The van der Waals surface area contributed by atoms with Gasteiger partial charge in [0.1, 0.15) is 0 Å². The molecular formula is C32H23NO2Se. The zero-order valence-electron chi connectivity index (χ0n) is 19.7. The number of fused-ring (bicyclic) bond motifs is 8. The Hall–Kier alpha value is -3.46. The molecule has 0 atom stereocenters. The van der Waals surface area contributed by atoms with Crippen LogP contribution in [-0.2, 0) is 5.41 Å². The summed E-state index contributed by atoms with van der Waals surface area (Å²) in [6.45, 7) is 0. The fourth-order valence-electron chi connectivity index (χ4n) is 6.98. The van der Waals surface area contributed by atoms with Crippen LogP contribution in [0.25, 0.3) is 32.4 Å². The fraction of sp³-hybridized carbons (Fsp3) is 0.188. The summed E-state index contributed by atoms with van der Waals surface area (Å²) in [4.78, 5) is 26.3. The number of hydrogen-bond acceptors (Lipinski definition) is 2. The minimum absolute atomic E-state index is 0.00433. The van der Waals surface area contributed by atoms with E-state index in [-0.39, 0.29) is 31.5 Å². The van der Waals surface area contributed by atoms with Crippen LogP contribution in [0.1, 0.15) is 68.4 Å². The Balaban J connectivity index is 1.41. The first-order valence-electron chi connectivity index (χ1n) is 12.7. The molecule has 2 aromatic heterocycles. The number of para-hydroxylation sites is 2. The second kappa shape index (κ2) is 7.29. The molecule has 3 aliphatic rings. The van der Waals surface area contributed by atoms with Crippen LogP contribution in [0.4, 0.5) is 0 Å². The third kappa shape index (κ3) is 2.53. The summed E-state index contributed by atoms with van der Waals surface area (Å²) in [5.41, 5.74) is 6.90. The van der Waals surface area contributed by atoms with Crippen LogP contribution in [0.3, 0.4) is 0 Å². The number of nitrogens with zero attached hydrogens (tertiary/aromatic N) is 1. The van der Waals surface area contributed by atoms with Crippen molar-refractivity contribution in [1.82, 2.24) is 4.57 Å². The van der Waals surface area contributed by atoms with Gasteiger partial charge in [-0.2, -0.15) is 0 Å². The summed E-state index contributed by atoms with van der Waals surface area (Å²) in [5, 5.41) is 2.63. The van der Waals surface area contributed by atoms with Gasteiger partial charge in [-0.1, -0.05) is 0 Å². The van der Waals surface area contributed by atoms with Gasteiger partial charge in [-0.3, -0.25) is 0 Å². The number of carbonyl (C=O) groups is 2. The van der Waals surface area contributed by atoms with Crippen molar-refractivity contribution in [2.75, 3.05) is 0 Å². The van der Waals surface area contributed by atoms with Crippen molar-refractivity contribution in [2.24, 2.45) is 0 Å². The van der Waals surface area contributed by atoms with E-state index in [2.05, 4.69) is 53.1 Å². The summed E-state index contributed by atoms with van der Waals surface area (Å²) in [5.74, 6) is -0.275. The molecule has 0 amide bonds. The van der Waals surface area contributed by atoms with Crippen molar-refractivity contribution in [3.05, 3.63) is 105 Å². The Morgan fingerprint density at radius 2 is 1.44 bits per heavy atom.